The molecule has 2 bridgehead atoms. The fourth-order valence-electron chi connectivity index (χ4n) is 9.29. The van der Waals surface area contributed by atoms with Crippen LogP contribution in [0.1, 0.15) is 6.42 Å². The molecule has 0 aromatic carbocycles. The largest absolute Gasteiger partial charge is 0.438 e. The minimum absolute atomic E-state index is 0.0860. The molecule has 31 heteroatoms. The summed E-state index contributed by atoms with van der Waals surface area (Å²) in [5, 5.41) is 140. The lowest BCUT2D eigenvalue weighted by Gasteiger charge is -2.49. The second-order valence-electron chi connectivity index (χ2n) is 18.9. The van der Waals surface area contributed by atoms with E-state index in [1.807, 2.05) is 0 Å². The molecule has 14 N–H and O–H groups in total. The molecule has 31 nitrogen and oxygen atoms in total. The molecule has 0 spiro atoms. The molecule has 0 saturated carbocycles. The molecule has 7 fully saturated rings. The first-order chi connectivity index (χ1) is 36.7. The van der Waals surface area contributed by atoms with Gasteiger partial charge in [-0.3, -0.25) is 9.80 Å². The third kappa shape index (κ3) is 17.8. The number of ether oxygens (including phenoxy) is 14. The zero-order valence-electron chi connectivity index (χ0n) is 42.2. The Morgan fingerprint density at radius 3 is 1.38 bits per heavy atom. The van der Waals surface area contributed by atoms with Crippen molar-refractivity contribution in [3.05, 3.63) is 0 Å². The van der Waals surface area contributed by atoms with Gasteiger partial charge in [0.1, 0.15) is 91.6 Å². The van der Waals surface area contributed by atoms with E-state index in [2.05, 4.69) is 15.1 Å². The number of hydrogen-bond donors (Lipinski definition) is 14. The van der Waals surface area contributed by atoms with Crippen molar-refractivity contribution >= 4 is 6.09 Å². The second kappa shape index (κ2) is 32.6. The van der Waals surface area contributed by atoms with E-state index in [0.717, 1.165) is 0 Å². The topological polar surface area (TPSA) is 428 Å². The smallest absolute Gasteiger partial charge is 0.407 e. The second-order valence-corrected chi connectivity index (χ2v) is 18.9. The molecular weight excluding hydrogens is 1030 g/mol. The highest BCUT2D eigenvalue weighted by Crippen LogP contribution is 2.35. The van der Waals surface area contributed by atoms with Gasteiger partial charge in [-0.1, -0.05) is 0 Å². The van der Waals surface area contributed by atoms with E-state index in [1.165, 1.54) is 0 Å². The standard InChI is InChI=1S/C45H81N3O28/c49-20-25-29(53)30(54)34(58)42(70-25)74-39-28(23-52)72-44(75-38-27(22-51)71-43(35(59)32(38)56)73-37-26(21-50)69-41(61)33(57)31(37)55)40(36(39)60)76-45(62)46-2-1-24-19-48-6-11-65-15-13-63-8-3-47(5-10-67-17-18-68-24)4-9-64-14-16-66-12-7-48/h24-44,49-61H,1-23H2,(H,46,62)/t24?,25?,26?,27?,28?,29-,30?,31?,32?,33+,34+,35+,36?,37-,38-,39-,40+,41-,42+,43+,44+/m1/s1. The fraction of sp³-hybridized carbons (Fsp3) is 0.978. The van der Waals surface area contributed by atoms with Crippen LogP contribution in [0.25, 0.3) is 0 Å². The van der Waals surface area contributed by atoms with Gasteiger partial charge in [-0.2, -0.15) is 0 Å². The number of rotatable bonds is 14. The van der Waals surface area contributed by atoms with Crippen LogP contribution in [0.15, 0.2) is 0 Å². The van der Waals surface area contributed by atoms with Crippen LogP contribution in [0.3, 0.4) is 0 Å². The van der Waals surface area contributed by atoms with E-state index in [9.17, 15) is 71.2 Å². The molecule has 0 aromatic rings. The van der Waals surface area contributed by atoms with Gasteiger partial charge < -0.3 is 138 Å². The van der Waals surface area contributed by atoms with Gasteiger partial charge in [0.05, 0.1) is 105 Å². The first-order valence-electron chi connectivity index (χ1n) is 25.7. The molecule has 7 aliphatic heterocycles. The Balaban J connectivity index is 1.17. The molecule has 9 unspecified atom stereocenters. The van der Waals surface area contributed by atoms with Gasteiger partial charge in [-0.25, -0.2) is 4.79 Å². The predicted octanol–water partition coefficient (Wildman–Crippen LogP) is -9.53. The molecular formula is C45H81N3O28. The number of alkyl carbamates (subject to hydrolysis) is 1. The highest BCUT2D eigenvalue weighted by Gasteiger charge is 2.56. The van der Waals surface area contributed by atoms with Gasteiger partial charge in [-0.05, 0) is 6.42 Å². The summed E-state index contributed by atoms with van der Waals surface area (Å²) in [5.41, 5.74) is 0. The van der Waals surface area contributed by atoms with Crippen LogP contribution in [0.2, 0.25) is 0 Å². The minimum atomic E-state index is -2.11. The third-order valence-corrected chi connectivity index (χ3v) is 13.7. The van der Waals surface area contributed by atoms with Gasteiger partial charge in [-0.15, -0.1) is 0 Å². The molecule has 7 rings (SSSR count). The van der Waals surface area contributed by atoms with Gasteiger partial charge in [0.25, 0.3) is 0 Å². The Labute approximate surface area is 438 Å². The summed E-state index contributed by atoms with van der Waals surface area (Å²) in [7, 11) is 0. The normalized spacial score (nSPS) is 43.6. The Morgan fingerprint density at radius 2 is 0.855 bits per heavy atom. The SMILES string of the molecule is O=C(NCCC1CN2CCOCCOCCN(CCOCCOCC2)CCOCCO1)O[C@H]1C(O)[C@H](O[C@@H]2OC(CO)[C@@H](O)C(O)[C@@H]2O)C(CO)O[C@H]1O[C@@H]1C(CO)O[C@@H](O[C@@H]2C(CO)O[C@@H](O)[C@@H](O)C2O)[C@@H](O)C1O. The number of nitrogens with one attached hydrogen (secondary N) is 1. The van der Waals surface area contributed by atoms with Crippen molar-refractivity contribution in [3.63, 3.8) is 0 Å². The maximum atomic E-state index is 13.8. The van der Waals surface area contributed by atoms with E-state index in [-0.39, 0.29) is 26.2 Å². The first-order valence-corrected chi connectivity index (χ1v) is 25.7. The van der Waals surface area contributed by atoms with Crippen LogP contribution in [-0.2, 0) is 66.3 Å². The molecule has 7 saturated heterocycles. The van der Waals surface area contributed by atoms with Crippen molar-refractivity contribution in [1.82, 2.24) is 15.1 Å². The summed E-state index contributed by atoms with van der Waals surface area (Å²) in [4.78, 5) is 18.1. The summed E-state index contributed by atoms with van der Waals surface area (Å²) in [6.45, 7) is 3.90. The van der Waals surface area contributed by atoms with Crippen molar-refractivity contribution in [2.45, 2.75) is 135 Å². The number of nitrogens with zero attached hydrogens (tertiary/aromatic N) is 2. The lowest BCUT2D eigenvalue weighted by atomic mass is 9.95. The Morgan fingerprint density at radius 1 is 0.434 bits per heavy atom. The summed E-state index contributed by atoms with van der Waals surface area (Å²) in [6, 6.07) is 0. The van der Waals surface area contributed by atoms with Crippen molar-refractivity contribution in [1.29, 1.82) is 0 Å². The number of amides is 1. The van der Waals surface area contributed by atoms with Gasteiger partial charge >= 0.3 is 6.09 Å². The molecule has 0 aromatic heterocycles. The van der Waals surface area contributed by atoms with Crippen LogP contribution in [0.5, 0.6) is 0 Å². The van der Waals surface area contributed by atoms with Gasteiger partial charge in [0, 0.05) is 45.8 Å². The molecule has 0 radical (unpaired) electrons. The minimum Gasteiger partial charge on any atom is -0.438 e. The highest BCUT2D eigenvalue weighted by molar-refractivity contribution is 5.67. The van der Waals surface area contributed by atoms with E-state index in [1.54, 1.807) is 0 Å². The number of aliphatic hydroxyl groups is 13. The highest BCUT2D eigenvalue weighted by atomic mass is 16.8. The molecule has 0 aliphatic carbocycles. The van der Waals surface area contributed by atoms with Crippen molar-refractivity contribution in [2.24, 2.45) is 0 Å². The van der Waals surface area contributed by atoms with Crippen LogP contribution in [0.4, 0.5) is 4.79 Å². The number of carbonyl (C=O) groups is 1. The van der Waals surface area contributed by atoms with E-state index >= 15 is 0 Å². The summed E-state index contributed by atoms with van der Waals surface area (Å²) >= 11 is 0. The van der Waals surface area contributed by atoms with Gasteiger partial charge in [0.15, 0.2) is 31.3 Å². The van der Waals surface area contributed by atoms with Crippen molar-refractivity contribution < 1.29 is 137 Å². The monoisotopic (exact) mass is 1110 g/mol. The number of aliphatic hydroxyl groups excluding tert-OH is 13. The molecule has 7 heterocycles. The van der Waals surface area contributed by atoms with Gasteiger partial charge in [0.2, 0.25) is 0 Å². The van der Waals surface area contributed by atoms with Crippen molar-refractivity contribution in [2.75, 3.05) is 145 Å². The predicted molar refractivity (Wildman–Crippen MR) is 247 cm³/mol. The average molecular weight is 1110 g/mol. The number of hydrogen-bond acceptors (Lipinski definition) is 30. The Bertz CT molecular complexity index is 1600. The quantitative estimate of drug-likeness (QED) is 0.0768. The maximum Gasteiger partial charge on any atom is 0.407 e. The fourth-order valence-corrected chi connectivity index (χ4v) is 9.29. The summed E-state index contributed by atoms with van der Waals surface area (Å²) < 4.78 is 81.0. The lowest BCUT2D eigenvalue weighted by Crippen LogP contribution is -2.68. The summed E-state index contributed by atoms with van der Waals surface area (Å²) in [6.07, 6.45) is -38.7. The molecule has 444 valence electrons. The van der Waals surface area contributed by atoms with Crippen LogP contribution < -0.4 is 5.32 Å². The zero-order chi connectivity index (χ0) is 54.7. The van der Waals surface area contributed by atoms with Crippen LogP contribution in [0, 0.1) is 0 Å². The number of fused-ring (bicyclic) bond motifs is 21. The zero-order valence-corrected chi connectivity index (χ0v) is 42.2. The van der Waals surface area contributed by atoms with Crippen molar-refractivity contribution in [3.8, 4) is 0 Å². The molecule has 7 aliphatic rings. The summed E-state index contributed by atoms with van der Waals surface area (Å²) in [5.74, 6) is 0. The molecule has 76 heavy (non-hydrogen) atoms. The van der Waals surface area contributed by atoms with E-state index < -0.39 is 161 Å². The average Bonchev–Trinajstić information content (AvgIpc) is 3.41. The Hall–Kier alpha value is -1.85. The maximum absolute atomic E-state index is 13.8. The third-order valence-electron chi connectivity index (χ3n) is 13.7. The van der Waals surface area contributed by atoms with Crippen LogP contribution >= 0.6 is 0 Å². The lowest BCUT2D eigenvalue weighted by molar-refractivity contribution is -0.387. The molecule has 21 atom stereocenters. The van der Waals surface area contributed by atoms with E-state index in [0.29, 0.717) is 98.7 Å². The van der Waals surface area contributed by atoms with Crippen LogP contribution in [-0.4, -0.2) is 356 Å². The Kier molecular flexibility index (Phi) is 27.1. The first kappa shape index (κ1) is 63.3. The number of carbonyl (C=O) groups excluding carboxylic acids is 1. The molecule has 1 amide bonds. The van der Waals surface area contributed by atoms with E-state index in [4.69, 9.17) is 66.3 Å².